The minimum Gasteiger partial charge on any atom is -0.355 e. The van der Waals surface area contributed by atoms with E-state index >= 15 is 0 Å². The van der Waals surface area contributed by atoms with Gasteiger partial charge in [-0.15, -0.1) is 0 Å². The highest BCUT2D eigenvalue weighted by Crippen LogP contribution is 2.48. The van der Waals surface area contributed by atoms with Gasteiger partial charge in [-0.25, -0.2) is 0 Å². The number of aryl methyl sites for hydroxylation is 2. The third-order valence-corrected chi connectivity index (χ3v) is 7.90. The van der Waals surface area contributed by atoms with Crippen molar-refractivity contribution in [1.29, 1.82) is 0 Å². The fourth-order valence-corrected chi connectivity index (χ4v) is 5.80. The van der Waals surface area contributed by atoms with Crippen molar-refractivity contribution in [2.45, 2.75) is 117 Å². The van der Waals surface area contributed by atoms with Gasteiger partial charge < -0.3 is 9.88 Å². The van der Waals surface area contributed by atoms with Crippen molar-refractivity contribution in [3.05, 3.63) is 46.3 Å². The van der Waals surface area contributed by atoms with E-state index in [1.807, 2.05) is 19.1 Å². The van der Waals surface area contributed by atoms with E-state index in [2.05, 4.69) is 23.7 Å². The van der Waals surface area contributed by atoms with Gasteiger partial charge in [0, 0.05) is 40.1 Å². The molecule has 1 aliphatic carbocycles. The number of benzene rings is 1. The predicted octanol–water partition coefficient (Wildman–Crippen LogP) is 9.85. The zero-order valence-corrected chi connectivity index (χ0v) is 21.7. The van der Waals surface area contributed by atoms with E-state index in [1.165, 1.54) is 57.4 Å². The highest BCUT2D eigenvalue weighted by molar-refractivity contribution is 6.04. The molecule has 2 heterocycles. The Kier molecular flexibility index (Phi) is 8.34. The van der Waals surface area contributed by atoms with Crippen LogP contribution in [-0.4, -0.2) is 10.7 Å². The Morgan fingerprint density at radius 2 is 1.57 bits per heavy atom. The molecule has 2 nitrogen and oxygen atoms in total. The molecule has 1 saturated carbocycles. The Bertz CT molecular complexity index is 1100. The highest BCUT2D eigenvalue weighted by Gasteiger charge is 2.40. The fourth-order valence-electron chi connectivity index (χ4n) is 5.80. The number of fused-ring (bicyclic) bond motifs is 3. The maximum absolute atomic E-state index is 14.3. The van der Waals surface area contributed by atoms with Crippen LogP contribution < -0.4 is 5.32 Å². The average Bonchev–Trinajstić information content (AvgIpc) is 3.06. The average molecular weight is 487 g/mol. The summed E-state index contributed by atoms with van der Waals surface area (Å²) in [6, 6.07) is 3.89. The van der Waals surface area contributed by atoms with Crippen molar-refractivity contribution < 1.29 is 13.2 Å². The minimum atomic E-state index is -4.39. The van der Waals surface area contributed by atoms with E-state index in [9.17, 15) is 13.2 Å². The van der Waals surface area contributed by atoms with Crippen LogP contribution in [0.15, 0.2) is 29.5 Å². The summed E-state index contributed by atoms with van der Waals surface area (Å²) in [4.78, 5) is 0. The first kappa shape index (κ1) is 25.9. The van der Waals surface area contributed by atoms with Gasteiger partial charge in [0.25, 0.3) is 0 Å². The maximum atomic E-state index is 14.3. The molecule has 35 heavy (non-hydrogen) atoms. The van der Waals surface area contributed by atoms with Crippen LogP contribution in [0.3, 0.4) is 0 Å². The van der Waals surface area contributed by atoms with Crippen LogP contribution in [0.5, 0.6) is 0 Å². The largest absolute Gasteiger partial charge is 0.417 e. The summed E-state index contributed by atoms with van der Waals surface area (Å²) in [6.07, 6.45) is 12.0. The van der Waals surface area contributed by atoms with Gasteiger partial charge in [-0.1, -0.05) is 65.2 Å². The Hall–Kier alpha value is -2.17. The van der Waals surface area contributed by atoms with Crippen LogP contribution in [0.2, 0.25) is 0 Å². The molecule has 0 radical (unpaired) electrons. The van der Waals surface area contributed by atoms with Gasteiger partial charge in [0.15, 0.2) is 0 Å². The summed E-state index contributed by atoms with van der Waals surface area (Å²) in [5.74, 6) is 0. The molecule has 1 fully saturated rings. The van der Waals surface area contributed by atoms with Gasteiger partial charge in [0.1, 0.15) is 0 Å². The van der Waals surface area contributed by atoms with Gasteiger partial charge in [-0.3, -0.25) is 0 Å². The second-order valence-corrected chi connectivity index (χ2v) is 10.3. The molecular weight excluding hydrogens is 445 g/mol. The number of halogens is 3. The summed E-state index contributed by atoms with van der Waals surface area (Å²) in [5.41, 5.74) is 5.27. The first-order valence-corrected chi connectivity index (χ1v) is 13.8. The Labute approximate surface area is 208 Å². The van der Waals surface area contributed by atoms with Crippen LogP contribution >= 0.6 is 0 Å². The molecule has 0 atom stereocenters. The SMILES string of the molecule is CCCCCCCCCCCn1c(CC)c(C)c2c3c(ccc21)NC(=C1CCC1)C=C3C(F)(F)F. The molecule has 1 aliphatic heterocycles. The quantitative estimate of drug-likeness (QED) is 0.313. The van der Waals surface area contributed by atoms with Gasteiger partial charge in [0.05, 0.1) is 5.57 Å². The molecule has 2 aliphatic rings. The zero-order valence-electron chi connectivity index (χ0n) is 21.7. The number of unbranched alkanes of at least 4 members (excludes halogenated alkanes) is 8. The second-order valence-electron chi connectivity index (χ2n) is 10.3. The molecule has 0 spiro atoms. The number of aromatic nitrogens is 1. The van der Waals surface area contributed by atoms with E-state index < -0.39 is 11.7 Å². The van der Waals surface area contributed by atoms with Crippen LogP contribution in [0.1, 0.15) is 108 Å². The molecule has 0 saturated heterocycles. The number of nitrogens with zero attached hydrogens (tertiary/aromatic N) is 1. The van der Waals surface area contributed by atoms with E-state index in [1.54, 1.807) is 0 Å². The van der Waals surface area contributed by atoms with Gasteiger partial charge in [0.2, 0.25) is 0 Å². The lowest BCUT2D eigenvalue weighted by Crippen LogP contribution is -2.20. The summed E-state index contributed by atoms with van der Waals surface area (Å²) < 4.78 is 45.3. The molecule has 0 bridgehead atoms. The van der Waals surface area contributed by atoms with Crippen molar-refractivity contribution in [1.82, 2.24) is 4.57 Å². The van der Waals surface area contributed by atoms with Crippen LogP contribution in [-0.2, 0) is 13.0 Å². The summed E-state index contributed by atoms with van der Waals surface area (Å²) in [6.45, 7) is 7.23. The van der Waals surface area contributed by atoms with E-state index in [-0.39, 0.29) is 0 Å². The number of allylic oxidation sites excluding steroid dienone is 3. The maximum Gasteiger partial charge on any atom is 0.417 e. The number of rotatable bonds is 11. The molecule has 5 heteroatoms. The van der Waals surface area contributed by atoms with Gasteiger partial charge >= 0.3 is 6.18 Å². The predicted molar refractivity (Wildman–Crippen MR) is 142 cm³/mol. The number of nitrogens with one attached hydrogen (secondary N) is 1. The standard InChI is InChI=1S/C30H41F3N2/c1-4-6-7-8-9-10-11-12-13-19-35-26(5-2)21(3)28-27(35)18-17-24-29(28)23(30(31,32)33)20-25(34-24)22-15-14-16-22/h17-18,20,34H,4-16,19H2,1-3H3. The molecule has 1 aromatic heterocycles. The number of alkyl halides is 3. The first-order valence-electron chi connectivity index (χ1n) is 13.8. The van der Waals surface area contributed by atoms with Crippen LogP contribution in [0.25, 0.3) is 16.5 Å². The Balaban J connectivity index is 1.58. The zero-order chi connectivity index (χ0) is 25.0. The van der Waals surface area contributed by atoms with Crippen molar-refractivity contribution in [2.24, 2.45) is 0 Å². The summed E-state index contributed by atoms with van der Waals surface area (Å²) in [5, 5.41) is 4.11. The molecule has 4 rings (SSSR count). The topological polar surface area (TPSA) is 17.0 Å². The van der Waals surface area contributed by atoms with Crippen LogP contribution in [0, 0.1) is 6.92 Å². The first-order chi connectivity index (χ1) is 16.9. The lowest BCUT2D eigenvalue weighted by atomic mass is 9.86. The van der Waals surface area contributed by atoms with E-state index in [4.69, 9.17) is 0 Å². The number of hydrogen-bond donors (Lipinski definition) is 1. The third kappa shape index (κ3) is 5.49. The fraction of sp³-hybridized carbons (Fsp3) is 0.600. The molecule has 0 unspecified atom stereocenters. The van der Waals surface area contributed by atoms with Crippen molar-refractivity contribution >= 4 is 22.2 Å². The minimum absolute atomic E-state index is 0.330. The van der Waals surface area contributed by atoms with Gasteiger partial charge in [-0.05, 0) is 68.4 Å². The number of hydrogen-bond acceptors (Lipinski definition) is 1. The van der Waals surface area contributed by atoms with Gasteiger partial charge in [-0.2, -0.15) is 13.2 Å². The van der Waals surface area contributed by atoms with Crippen molar-refractivity contribution in [3.63, 3.8) is 0 Å². The second kappa shape index (κ2) is 11.3. The molecule has 2 aromatic rings. The van der Waals surface area contributed by atoms with E-state index in [0.717, 1.165) is 66.4 Å². The summed E-state index contributed by atoms with van der Waals surface area (Å²) in [7, 11) is 0. The smallest absolute Gasteiger partial charge is 0.355 e. The Morgan fingerprint density at radius 3 is 2.14 bits per heavy atom. The lowest BCUT2D eigenvalue weighted by molar-refractivity contribution is -0.0688. The summed E-state index contributed by atoms with van der Waals surface area (Å²) >= 11 is 0. The van der Waals surface area contributed by atoms with Crippen molar-refractivity contribution in [2.75, 3.05) is 5.32 Å². The van der Waals surface area contributed by atoms with Crippen molar-refractivity contribution in [3.8, 4) is 0 Å². The normalized spacial score (nSPS) is 15.8. The monoisotopic (exact) mass is 486 g/mol. The molecule has 1 aromatic carbocycles. The third-order valence-electron chi connectivity index (χ3n) is 7.90. The molecule has 192 valence electrons. The Morgan fingerprint density at radius 1 is 0.914 bits per heavy atom. The lowest BCUT2D eigenvalue weighted by Gasteiger charge is -2.28. The van der Waals surface area contributed by atoms with E-state index in [0.29, 0.717) is 16.9 Å². The number of anilines is 1. The highest BCUT2D eigenvalue weighted by atomic mass is 19.4. The molecule has 1 N–H and O–H groups in total. The molecular formula is C30H41F3N2. The molecule has 0 amide bonds. The van der Waals surface area contributed by atoms with Crippen LogP contribution in [0.4, 0.5) is 18.9 Å².